The number of amides is 2. The van der Waals surface area contributed by atoms with Gasteiger partial charge in [0.25, 0.3) is 0 Å². The van der Waals surface area contributed by atoms with E-state index in [1.165, 1.54) is 0 Å². The van der Waals surface area contributed by atoms with Gasteiger partial charge in [0.05, 0.1) is 23.6 Å². The zero-order valence-electron chi connectivity index (χ0n) is 16.1. The van der Waals surface area contributed by atoms with Gasteiger partial charge in [0, 0.05) is 17.3 Å². The summed E-state index contributed by atoms with van der Waals surface area (Å²) in [5.74, 6) is -0.0113. The number of rotatable bonds is 3. The Kier molecular flexibility index (Phi) is 4.67. The second-order valence-corrected chi connectivity index (χ2v) is 10.4. The summed E-state index contributed by atoms with van der Waals surface area (Å²) in [4.78, 5) is 16.7. The van der Waals surface area contributed by atoms with E-state index in [1.54, 1.807) is 15.9 Å². The number of nitrogens with zero attached hydrogens (tertiary/aromatic N) is 2. The van der Waals surface area contributed by atoms with Gasteiger partial charge in [0.2, 0.25) is 0 Å². The first-order valence-electron chi connectivity index (χ1n) is 9.29. The fourth-order valence-corrected chi connectivity index (χ4v) is 6.27. The molecule has 2 aromatic rings. The van der Waals surface area contributed by atoms with Crippen LogP contribution in [0.25, 0.3) is 0 Å². The monoisotopic (exact) mass is 418 g/mol. The SMILES string of the molecule is Cc1ccc(C)c(CN2C(=O)N(c3ccc(C)c(Cl)c3)[C@H]3CS(=O)(=O)C[C@@H]32)c1. The molecule has 4 rings (SSSR count). The molecule has 2 aromatic carbocycles. The Labute approximate surface area is 170 Å². The summed E-state index contributed by atoms with van der Waals surface area (Å²) in [5.41, 5.74) is 4.81. The minimum Gasteiger partial charge on any atom is -0.314 e. The van der Waals surface area contributed by atoms with E-state index in [9.17, 15) is 13.2 Å². The van der Waals surface area contributed by atoms with Gasteiger partial charge in [-0.05, 0) is 49.6 Å². The zero-order valence-corrected chi connectivity index (χ0v) is 17.7. The molecule has 2 heterocycles. The predicted molar refractivity (Wildman–Crippen MR) is 112 cm³/mol. The van der Waals surface area contributed by atoms with Crippen molar-refractivity contribution in [2.75, 3.05) is 16.4 Å². The summed E-state index contributed by atoms with van der Waals surface area (Å²) in [6.07, 6.45) is 0. The van der Waals surface area contributed by atoms with Crippen LogP contribution in [0.1, 0.15) is 22.3 Å². The maximum absolute atomic E-state index is 13.3. The van der Waals surface area contributed by atoms with Crippen molar-refractivity contribution in [1.82, 2.24) is 4.90 Å². The highest BCUT2D eigenvalue weighted by Gasteiger charge is 2.53. The molecule has 2 fully saturated rings. The number of halogens is 1. The Morgan fingerprint density at radius 2 is 1.68 bits per heavy atom. The van der Waals surface area contributed by atoms with E-state index in [0.29, 0.717) is 17.3 Å². The fraction of sp³-hybridized carbons (Fsp3) is 0.381. The van der Waals surface area contributed by atoms with Gasteiger partial charge in [0.15, 0.2) is 9.84 Å². The van der Waals surface area contributed by atoms with Crippen LogP contribution < -0.4 is 4.90 Å². The molecule has 0 saturated carbocycles. The van der Waals surface area contributed by atoms with Crippen molar-refractivity contribution < 1.29 is 13.2 Å². The molecule has 0 aliphatic carbocycles. The van der Waals surface area contributed by atoms with Gasteiger partial charge in [-0.3, -0.25) is 4.90 Å². The number of aryl methyl sites for hydroxylation is 3. The van der Waals surface area contributed by atoms with Crippen molar-refractivity contribution in [3.8, 4) is 0 Å². The molecule has 2 aliphatic heterocycles. The average molecular weight is 419 g/mol. The lowest BCUT2D eigenvalue weighted by molar-refractivity contribution is 0.205. The molecule has 2 amide bonds. The smallest absolute Gasteiger partial charge is 0.314 e. The molecule has 2 aliphatic rings. The molecule has 0 radical (unpaired) electrons. The molecule has 148 valence electrons. The van der Waals surface area contributed by atoms with Gasteiger partial charge >= 0.3 is 6.03 Å². The number of fused-ring (bicyclic) bond motifs is 1. The van der Waals surface area contributed by atoms with Crippen LogP contribution in [0.2, 0.25) is 5.02 Å². The molecule has 0 unspecified atom stereocenters. The van der Waals surface area contributed by atoms with Gasteiger partial charge in [-0.15, -0.1) is 0 Å². The van der Waals surface area contributed by atoms with Crippen LogP contribution in [0.15, 0.2) is 36.4 Å². The number of carbonyl (C=O) groups excluding carboxylic acids is 1. The first-order valence-corrected chi connectivity index (χ1v) is 11.5. The van der Waals surface area contributed by atoms with Crippen molar-refractivity contribution in [2.45, 2.75) is 39.4 Å². The Morgan fingerprint density at radius 1 is 1.00 bits per heavy atom. The first kappa shape index (κ1) is 19.3. The highest BCUT2D eigenvalue weighted by atomic mass is 35.5. The molecule has 7 heteroatoms. The number of benzene rings is 2. The molecule has 2 atom stereocenters. The van der Waals surface area contributed by atoms with Crippen molar-refractivity contribution in [3.05, 3.63) is 63.7 Å². The number of hydrogen-bond donors (Lipinski definition) is 0. The van der Waals surface area contributed by atoms with Gasteiger partial charge in [-0.1, -0.05) is 41.4 Å². The van der Waals surface area contributed by atoms with Crippen LogP contribution >= 0.6 is 11.6 Å². The summed E-state index contributed by atoms with van der Waals surface area (Å²) in [5, 5.41) is 0.565. The molecular formula is C21H23ClN2O3S. The lowest BCUT2D eigenvalue weighted by atomic mass is 10.0. The number of carbonyl (C=O) groups is 1. The predicted octanol–water partition coefficient (Wildman–Crippen LogP) is 3.87. The summed E-state index contributed by atoms with van der Waals surface area (Å²) in [7, 11) is -3.20. The Balaban J connectivity index is 1.74. The van der Waals surface area contributed by atoms with E-state index in [1.807, 2.05) is 45.0 Å². The summed E-state index contributed by atoms with van der Waals surface area (Å²) in [6, 6.07) is 10.7. The maximum atomic E-state index is 13.3. The van der Waals surface area contributed by atoms with Gasteiger partial charge in [0.1, 0.15) is 0 Å². The standard InChI is InChI=1S/C21H23ClN2O3S/c1-13-4-5-14(2)16(8-13)10-23-19-11-28(26,27)12-20(19)24(21(23)25)17-7-6-15(3)18(22)9-17/h4-9,19-20H,10-12H2,1-3H3/t19-,20-/m0/s1. The number of sulfone groups is 1. The van der Waals surface area contributed by atoms with E-state index < -0.39 is 9.84 Å². The molecule has 0 spiro atoms. The van der Waals surface area contributed by atoms with Crippen molar-refractivity contribution in [2.24, 2.45) is 0 Å². The minimum atomic E-state index is -3.20. The highest BCUT2D eigenvalue weighted by Crippen LogP contribution is 2.37. The van der Waals surface area contributed by atoms with E-state index in [-0.39, 0.29) is 29.6 Å². The summed E-state index contributed by atoms with van der Waals surface area (Å²) >= 11 is 6.27. The first-order chi connectivity index (χ1) is 13.2. The third kappa shape index (κ3) is 3.29. The van der Waals surface area contributed by atoms with Crippen LogP contribution in [0.5, 0.6) is 0 Å². The second-order valence-electron chi connectivity index (χ2n) is 7.86. The largest absolute Gasteiger partial charge is 0.325 e. The quantitative estimate of drug-likeness (QED) is 0.711. The van der Waals surface area contributed by atoms with E-state index >= 15 is 0 Å². The minimum absolute atomic E-state index is 0.00433. The Hall–Kier alpha value is -2.05. The third-order valence-corrected chi connectivity index (χ3v) is 7.86. The number of hydrogen-bond acceptors (Lipinski definition) is 3. The lowest BCUT2D eigenvalue weighted by Gasteiger charge is -2.23. The molecule has 2 saturated heterocycles. The Bertz CT molecular complexity index is 1070. The second kappa shape index (κ2) is 6.78. The van der Waals surface area contributed by atoms with Gasteiger partial charge in [-0.2, -0.15) is 0 Å². The van der Waals surface area contributed by atoms with E-state index in [0.717, 1.165) is 22.3 Å². The van der Waals surface area contributed by atoms with Crippen LogP contribution in [-0.2, 0) is 16.4 Å². The molecule has 0 aromatic heterocycles. The van der Waals surface area contributed by atoms with Crippen LogP contribution in [-0.4, -0.2) is 42.9 Å². The van der Waals surface area contributed by atoms with Crippen LogP contribution in [0.3, 0.4) is 0 Å². The van der Waals surface area contributed by atoms with Gasteiger partial charge in [-0.25, -0.2) is 13.2 Å². The zero-order chi connectivity index (χ0) is 20.2. The number of anilines is 1. The van der Waals surface area contributed by atoms with Crippen molar-refractivity contribution in [3.63, 3.8) is 0 Å². The fourth-order valence-electron chi connectivity index (χ4n) is 4.15. The Morgan fingerprint density at radius 3 is 2.39 bits per heavy atom. The lowest BCUT2D eigenvalue weighted by Crippen LogP contribution is -2.37. The van der Waals surface area contributed by atoms with Crippen LogP contribution in [0.4, 0.5) is 10.5 Å². The van der Waals surface area contributed by atoms with E-state index in [4.69, 9.17) is 11.6 Å². The van der Waals surface area contributed by atoms with Crippen LogP contribution in [0, 0.1) is 20.8 Å². The highest BCUT2D eigenvalue weighted by molar-refractivity contribution is 7.91. The normalized spacial score (nSPS) is 23.4. The van der Waals surface area contributed by atoms with Crippen molar-refractivity contribution >= 4 is 33.2 Å². The summed E-state index contributed by atoms with van der Waals surface area (Å²) in [6.45, 7) is 6.32. The molecule has 5 nitrogen and oxygen atoms in total. The van der Waals surface area contributed by atoms with Gasteiger partial charge < -0.3 is 4.90 Å². The molecule has 0 N–H and O–H groups in total. The number of urea groups is 1. The third-order valence-electron chi connectivity index (χ3n) is 5.76. The molecule has 28 heavy (non-hydrogen) atoms. The molecule has 0 bridgehead atoms. The van der Waals surface area contributed by atoms with Crippen molar-refractivity contribution in [1.29, 1.82) is 0 Å². The maximum Gasteiger partial charge on any atom is 0.325 e. The molecular weight excluding hydrogens is 396 g/mol. The topological polar surface area (TPSA) is 57.7 Å². The van der Waals surface area contributed by atoms with E-state index in [2.05, 4.69) is 6.07 Å². The average Bonchev–Trinajstić information content (AvgIpc) is 3.04. The summed E-state index contributed by atoms with van der Waals surface area (Å²) < 4.78 is 24.8.